The Balaban J connectivity index is 1.95. The van der Waals surface area contributed by atoms with Gasteiger partial charge in [-0.2, -0.15) is 0 Å². The average molecular weight is 354 g/mol. The summed E-state index contributed by atoms with van der Waals surface area (Å²) in [5.74, 6) is -1.81. The van der Waals surface area contributed by atoms with E-state index < -0.39 is 17.9 Å². The Hall–Kier alpha value is -3.61. The number of aliphatic hydroxyl groups excluding tert-OH is 1. The maximum atomic E-state index is 11.8. The smallest absolute Gasteiger partial charge is 0.346 e. The van der Waals surface area contributed by atoms with Crippen LogP contribution in [0.4, 0.5) is 0 Å². The standard InChI is InChI=1S/C19H14O7/c1-10(9-20)15-7-13(4-5-14(15)18(22)23)25-12-3-2-11-6-17(21)26-19(24)16(11)8-12/h2-5,7-9,20H,6H2,1H3,(H,22,23)/b10-9-. The molecule has 1 heterocycles. The lowest BCUT2D eigenvalue weighted by Gasteiger charge is -2.15. The normalized spacial score (nSPS) is 13.8. The van der Waals surface area contributed by atoms with E-state index in [0.29, 0.717) is 28.2 Å². The fraction of sp³-hybridized carbons (Fsp3) is 0.105. The molecule has 0 aromatic heterocycles. The van der Waals surface area contributed by atoms with Gasteiger partial charge in [-0.25, -0.2) is 9.59 Å². The number of carboxylic acid groups (broad SMARTS) is 1. The van der Waals surface area contributed by atoms with Crippen molar-refractivity contribution in [3.8, 4) is 11.5 Å². The number of carbonyl (C=O) groups is 3. The predicted octanol–water partition coefficient (Wildman–Crippen LogP) is 3.34. The molecule has 0 saturated heterocycles. The largest absolute Gasteiger partial charge is 0.515 e. The highest BCUT2D eigenvalue weighted by molar-refractivity contribution is 6.02. The molecule has 7 nitrogen and oxygen atoms in total. The molecule has 2 aromatic carbocycles. The molecule has 1 aliphatic heterocycles. The van der Waals surface area contributed by atoms with Crippen LogP contribution in [0.15, 0.2) is 42.7 Å². The number of hydrogen-bond donors (Lipinski definition) is 2. The Morgan fingerprint density at radius 1 is 1.12 bits per heavy atom. The van der Waals surface area contributed by atoms with Crippen LogP contribution < -0.4 is 4.74 Å². The zero-order valence-corrected chi connectivity index (χ0v) is 13.7. The number of ether oxygens (including phenoxy) is 2. The molecule has 132 valence electrons. The van der Waals surface area contributed by atoms with Crippen LogP contribution >= 0.6 is 0 Å². The van der Waals surface area contributed by atoms with Gasteiger partial charge < -0.3 is 19.7 Å². The van der Waals surface area contributed by atoms with Gasteiger partial charge in [-0.3, -0.25) is 4.79 Å². The number of aromatic carboxylic acids is 1. The minimum absolute atomic E-state index is 0.0132. The van der Waals surface area contributed by atoms with E-state index in [1.165, 1.54) is 24.3 Å². The predicted molar refractivity (Wildman–Crippen MR) is 90.3 cm³/mol. The minimum Gasteiger partial charge on any atom is -0.515 e. The molecule has 0 radical (unpaired) electrons. The van der Waals surface area contributed by atoms with Crippen LogP contribution in [0, 0.1) is 0 Å². The number of rotatable bonds is 4. The number of esters is 2. The van der Waals surface area contributed by atoms with Gasteiger partial charge >= 0.3 is 17.9 Å². The Kier molecular flexibility index (Phi) is 4.45. The topological polar surface area (TPSA) is 110 Å². The van der Waals surface area contributed by atoms with E-state index in [1.54, 1.807) is 19.1 Å². The summed E-state index contributed by atoms with van der Waals surface area (Å²) < 4.78 is 10.3. The number of aliphatic hydroxyl groups is 1. The summed E-state index contributed by atoms with van der Waals surface area (Å²) in [5.41, 5.74) is 1.49. The molecule has 0 saturated carbocycles. The van der Waals surface area contributed by atoms with E-state index in [1.807, 2.05) is 0 Å². The van der Waals surface area contributed by atoms with Crippen LogP contribution in [-0.4, -0.2) is 28.1 Å². The van der Waals surface area contributed by atoms with Gasteiger partial charge in [0, 0.05) is 0 Å². The van der Waals surface area contributed by atoms with Crippen LogP contribution in [0.5, 0.6) is 11.5 Å². The summed E-state index contributed by atoms with van der Waals surface area (Å²) in [5, 5.41) is 18.4. The third-order valence-corrected chi connectivity index (χ3v) is 3.92. The Bertz CT molecular complexity index is 956. The third-order valence-electron chi connectivity index (χ3n) is 3.92. The number of allylic oxidation sites excluding steroid dienone is 1. The maximum absolute atomic E-state index is 11.8. The first-order valence-corrected chi connectivity index (χ1v) is 7.63. The van der Waals surface area contributed by atoms with Gasteiger partial charge in [0.25, 0.3) is 0 Å². The minimum atomic E-state index is -1.13. The molecule has 0 bridgehead atoms. The van der Waals surface area contributed by atoms with Crippen molar-refractivity contribution in [2.45, 2.75) is 13.3 Å². The Morgan fingerprint density at radius 2 is 1.81 bits per heavy atom. The van der Waals surface area contributed by atoms with Crippen molar-refractivity contribution < 1.29 is 34.1 Å². The zero-order valence-electron chi connectivity index (χ0n) is 13.7. The van der Waals surface area contributed by atoms with Crippen molar-refractivity contribution >= 4 is 23.5 Å². The average Bonchev–Trinajstić information content (AvgIpc) is 2.61. The number of hydrogen-bond acceptors (Lipinski definition) is 6. The molecular formula is C19H14O7. The second-order valence-electron chi connectivity index (χ2n) is 5.68. The molecule has 26 heavy (non-hydrogen) atoms. The first kappa shape index (κ1) is 17.2. The summed E-state index contributed by atoms with van der Waals surface area (Å²) in [6, 6.07) is 8.99. The summed E-state index contributed by atoms with van der Waals surface area (Å²) >= 11 is 0. The van der Waals surface area contributed by atoms with Gasteiger partial charge in [-0.15, -0.1) is 0 Å². The molecule has 2 aromatic rings. The molecule has 2 N–H and O–H groups in total. The quantitative estimate of drug-likeness (QED) is 0.492. The fourth-order valence-corrected chi connectivity index (χ4v) is 2.62. The molecule has 0 unspecified atom stereocenters. The number of cyclic esters (lactones) is 2. The number of benzene rings is 2. The lowest BCUT2D eigenvalue weighted by atomic mass is 10.0. The SMILES string of the molecule is C/C(=C/O)c1cc(Oc2ccc3c(c2)C(=O)OC(=O)C3)ccc1C(=O)O. The highest BCUT2D eigenvalue weighted by Gasteiger charge is 2.25. The van der Waals surface area contributed by atoms with Crippen molar-refractivity contribution in [1.82, 2.24) is 0 Å². The summed E-state index contributed by atoms with van der Waals surface area (Å²) in [7, 11) is 0. The van der Waals surface area contributed by atoms with Gasteiger partial charge in [0.05, 0.1) is 23.8 Å². The van der Waals surface area contributed by atoms with Gasteiger partial charge in [0.2, 0.25) is 0 Å². The van der Waals surface area contributed by atoms with Crippen LogP contribution in [0.1, 0.15) is 38.8 Å². The maximum Gasteiger partial charge on any atom is 0.346 e. The summed E-state index contributed by atoms with van der Waals surface area (Å²) in [6.07, 6.45) is 0.830. The summed E-state index contributed by atoms with van der Waals surface area (Å²) in [4.78, 5) is 34.4. The van der Waals surface area contributed by atoms with E-state index in [-0.39, 0.29) is 17.5 Å². The van der Waals surface area contributed by atoms with Crippen molar-refractivity contribution in [3.63, 3.8) is 0 Å². The first-order chi connectivity index (χ1) is 12.4. The van der Waals surface area contributed by atoms with E-state index in [2.05, 4.69) is 4.74 Å². The Labute approximate surface area is 148 Å². The van der Waals surface area contributed by atoms with Gasteiger partial charge in [-0.05, 0) is 54.0 Å². The van der Waals surface area contributed by atoms with Crippen LogP contribution in [0.2, 0.25) is 0 Å². The molecular weight excluding hydrogens is 340 g/mol. The number of carbonyl (C=O) groups excluding carboxylic acids is 2. The van der Waals surface area contributed by atoms with E-state index in [0.717, 1.165) is 6.26 Å². The molecule has 0 fully saturated rings. The highest BCUT2D eigenvalue weighted by Crippen LogP contribution is 2.30. The fourth-order valence-electron chi connectivity index (χ4n) is 2.62. The van der Waals surface area contributed by atoms with Gasteiger partial charge in [-0.1, -0.05) is 6.07 Å². The number of carboxylic acids is 1. The molecule has 1 aliphatic rings. The second-order valence-corrected chi connectivity index (χ2v) is 5.68. The van der Waals surface area contributed by atoms with Crippen LogP contribution in [0.3, 0.4) is 0 Å². The van der Waals surface area contributed by atoms with Crippen LogP contribution in [-0.2, 0) is 16.0 Å². The lowest BCUT2D eigenvalue weighted by Crippen LogP contribution is -2.22. The van der Waals surface area contributed by atoms with E-state index in [4.69, 9.17) is 4.74 Å². The zero-order chi connectivity index (χ0) is 18.8. The molecule has 7 heteroatoms. The monoisotopic (exact) mass is 354 g/mol. The third kappa shape index (κ3) is 3.27. The first-order valence-electron chi connectivity index (χ1n) is 7.63. The van der Waals surface area contributed by atoms with Crippen molar-refractivity contribution in [1.29, 1.82) is 0 Å². The van der Waals surface area contributed by atoms with Crippen LogP contribution in [0.25, 0.3) is 5.57 Å². The highest BCUT2D eigenvalue weighted by atomic mass is 16.6. The van der Waals surface area contributed by atoms with Crippen molar-refractivity contribution in [2.75, 3.05) is 0 Å². The number of fused-ring (bicyclic) bond motifs is 1. The van der Waals surface area contributed by atoms with Gasteiger partial charge in [0.1, 0.15) is 11.5 Å². The Morgan fingerprint density at radius 3 is 2.50 bits per heavy atom. The van der Waals surface area contributed by atoms with Gasteiger partial charge in [0.15, 0.2) is 0 Å². The van der Waals surface area contributed by atoms with E-state index >= 15 is 0 Å². The van der Waals surface area contributed by atoms with Crippen molar-refractivity contribution in [2.24, 2.45) is 0 Å². The molecule has 3 rings (SSSR count). The molecule has 0 atom stereocenters. The lowest BCUT2D eigenvalue weighted by molar-refractivity contribution is -0.137. The summed E-state index contributed by atoms with van der Waals surface area (Å²) in [6.45, 7) is 1.57. The van der Waals surface area contributed by atoms with E-state index in [9.17, 15) is 24.6 Å². The van der Waals surface area contributed by atoms with Crippen molar-refractivity contribution in [3.05, 3.63) is 64.9 Å². The molecule has 0 amide bonds. The molecule has 0 spiro atoms. The molecule has 0 aliphatic carbocycles. The second kappa shape index (κ2) is 6.72.